The number of ether oxygens (including phenoxy) is 1. The van der Waals surface area contributed by atoms with Gasteiger partial charge in [0.2, 0.25) is 0 Å². The number of furan rings is 1. The average molecular weight is 287 g/mol. The Bertz CT molecular complexity index is 618. The number of carbonyl (C=O) groups excluding carboxylic acids is 1. The largest absolute Gasteiger partial charge is 0.481 e. The zero-order chi connectivity index (χ0) is 15.4. The van der Waals surface area contributed by atoms with Gasteiger partial charge in [0.1, 0.15) is 17.3 Å². The molecule has 0 fully saturated rings. The number of nitrogens with one attached hydrogen (secondary N) is 1. The fourth-order valence-corrected chi connectivity index (χ4v) is 2.03. The van der Waals surface area contributed by atoms with E-state index in [0.29, 0.717) is 5.75 Å². The summed E-state index contributed by atoms with van der Waals surface area (Å²) >= 11 is 0. The highest BCUT2D eigenvalue weighted by molar-refractivity contribution is 5.81. The van der Waals surface area contributed by atoms with Gasteiger partial charge in [0, 0.05) is 0 Å². The van der Waals surface area contributed by atoms with E-state index in [1.165, 1.54) is 0 Å². The number of aryl methyl sites for hydroxylation is 2. The van der Waals surface area contributed by atoms with Crippen LogP contribution in [0.2, 0.25) is 0 Å². The third-order valence-corrected chi connectivity index (χ3v) is 3.22. The van der Waals surface area contributed by atoms with Gasteiger partial charge in [-0.2, -0.15) is 0 Å². The van der Waals surface area contributed by atoms with Gasteiger partial charge >= 0.3 is 0 Å². The van der Waals surface area contributed by atoms with E-state index in [4.69, 9.17) is 9.15 Å². The minimum absolute atomic E-state index is 0.168. The lowest BCUT2D eigenvalue weighted by Gasteiger charge is -2.17. The Balaban J connectivity index is 1.93. The maximum atomic E-state index is 12.1. The molecule has 1 aromatic heterocycles. The lowest BCUT2D eigenvalue weighted by molar-refractivity contribution is -0.128. The summed E-state index contributed by atoms with van der Waals surface area (Å²) in [6, 6.07) is 11.2. The standard InChI is InChI=1S/C17H21NO3/c1-11-6-5-7-15(10-11)21-14(4)17(19)18-13(3)16-9-8-12(2)20-16/h5-10,13-14H,1-4H3,(H,18,19). The predicted octanol–water partition coefficient (Wildman–Crippen LogP) is 3.54. The first-order chi connectivity index (χ1) is 9.95. The molecule has 2 rings (SSSR count). The van der Waals surface area contributed by atoms with E-state index in [1.807, 2.05) is 57.2 Å². The maximum absolute atomic E-state index is 12.1. The second-order valence-electron chi connectivity index (χ2n) is 5.26. The molecule has 1 heterocycles. The highest BCUT2D eigenvalue weighted by Crippen LogP contribution is 2.17. The van der Waals surface area contributed by atoms with E-state index in [-0.39, 0.29) is 11.9 Å². The van der Waals surface area contributed by atoms with Crippen LogP contribution in [0.1, 0.15) is 37.0 Å². The molecule has 112 valence electrons. The summed E-state index contributed by atoms with van der Waals surface area (Å²) in [6.07, 6.45) is -0.565. The molecule has 1 amide bonds. The fraction of sp³-hybridized carbons (Fsp3) is 0.353. The fourth-order valence-electron chi connectivity index (χ4n) is 2.03. The van der Waals surface area contributed by atoms with Gasteiger partial charge in [-0.25, -0.2) is 0 Å². The second-order valence-corrected chi connectivity index (χ2v) is 5.26. The van der Waals surface area contributed by atoms with Gasteiger partial charge in [0.15, 0.2) is 6.10 Å². The molecule has 2 aromatic rings. The molecule has 0 bridgehead atoms. The summed E-state index contributed by atoms with van der Waals surface area (Å²) in [5.74, 6) is 2.09. The average Bonchev–Trinajstić information content (AvgIpc) is 2.85. The van der Waals surface area contributed by atoms with Crippen LogP contribution in [0.4, 0.5) is 0 Å². The summed E-state index contributed by atoms with van der Waals surface area (Å²) in [5, 5.41) is 2.89. The minimum atomic E-state index is -0.565. The molecule has 0 saturated heterocycles. The van der Waals surface area contributed by atoms with Crippen LogP contribution in [0, 0.1) is 13.8 Å². The van der Waals surface area contributed by atoms with Gasteiger partial charge < -0.3 is 14.5 Å². The Hall–Kier alpha value is -2.23. The van der Waals surface area contributed by atoms with Gasteiger partial charge in [-0.15, -0.1) is 0 Å². The SMILES string of the molecule is Cc1cccc(OC(C)C(=O)NC(C)c2ccc(C)o2)c1. The monoisotopic (exact) mass is 287 g/mol. The topological polar surface area (TPSA) is 51.5 Å². The molecule has 0 saturated carbocycles. The Morgan fingerprint density at radius 1 is 1.19 bits per heavy atom. The molecule has 0 radical (unpaired) electrons. The van der Waals surface area contributed by atoms with Gasteiger partial charge in [-0.05, 0) is 57.5 Å². The van der Waals surface area contributed by atoms with Crippen LogP contribution in [0.25, 0.3) is 0 Å². The number of carbonyl (C=O) groups is 1. The first kappa shape index (κ1) is 15.2. The van der Waals surface area contributed by atoms with Crippen LogP contribution in [0.5, 0.6) is 5.75 Å². The van der Waals surface area contributed by atoms with Crippen molar-refractivity contribution in [3.05, 3.63) is 53.5 Å². The molecule has 0 aliphatic carbocycles. The highest BCUT2D eigenvalue weighted by atomic mass is 16.5. The van der Waals surface area contributed by atoms with Gasteiger partial charge in [0.25, 0.3) is 5.91 Å². The molecule has 4 nitrogen and oxygen atoms in total. The first-order valence-electron chi connectivity index (χ1n) is 7.05. The molecule has 21 heavy (non-hydrogen) atoms. The summed E-state index contributed by atoms with van der Waals surface area (Å²) in [6.45, 7) is 7.48. The van der Waals surface area contributed by atoms with E-state index >= 15 is 0 Å². The van der Waals surface area contributed by atoms with E-state index in [9.17, 15) is 4.79 Å². The third-order valence-electron chi connectivity index (χ3n) is 3.22. The van der Waals surface area contributed by atoms with Crippen molar-refractivity contribution in [2.75, 3.05) is 0 Å². The van der Waals surface area contributed by atoms with Gasteiger partial charge in [-0.3, -0.25) is 4.79 Å². The number of benzene rings is 1. The Kier molecular flexibility index (Phi) is 4.68. The molecule has 4 heteroatoms. The molecule has 2 unspecified atom stereocenters. The van der Waals surface area contributed by atoms with Crippen molar-refractivity contribution >= 4 is 5.91 Å². The quantitative estimate of drug-likeness (QED) is 0.915. The molecule has 0 aliphatic rings. The zero-order valence-electron chi connectivity index (χ0n) is 12.8. The molecule has 1 aromatic carbocycles. The zero-order valence-corrected chi connectivity index (χ0v) is 12.8. The first-order valence-corrected chi connectivity index (χ1v) is 7.05. The van der Waals surface area contributed by atoms with Crippen LogP contribution in [-0.2, 0) is 4.79 Å². The summed E-state index contributed by atoms with van der Waals surface area (Å²) in [7, 11) is 0. The lowest BCUT2D eigenvalue weighted by atomic mass is 10.2. The summed E-state index contributed by atoms with van der Waals surface area (Å²) in [4.78, 5) is 12.1. The second kappa shape index (κ2) is 6.48. The highest BCUT2D eigenvalue weighted by Gasteiger charge is 2.19. The molecule has 1 N–H and O–H groups in total. The number of hydrogen-bond donors (Lipinski definition) is 1. The van der Waals surface area contributed by atoms with Crippen molar-refractivity contribution in [1.82, 2.24) is 5.32 Å². The number of rotatable bonds is 5. The smallest absolute Gasteiger partial charge is 0.261 e. The van der Waals surface area contributed by atoms with Crippen LogP contribution >= 0.6 is 0 Å². The molecule has 2 atom stereocenters. The van der Waals surface area contributed by atoms with Crippen molar-refractivity contribution in [2.24, 2.45) is 0 Å². The Morgan fingerprint density at radius 3 is 2.57 bits per heavy atom. The Morgan fingerprint density at radius 2 is 1.95 bits per heavy atom. The molecular formula is C17H21NO3. The van der Waals surface area contributed by atoms with Crippen molar-refractivity contribution < 1.29 is 13.9 Å². The van der Waals surface area contributed by atoms with E-state index < -0.39 is 6.10 Å². The summed E-state index contributed by atoms with van der Waals surface area (Å²) < 4.78 is 11.2. The van der Waals surface area contributed by atoms with E-state index in [0.717, 1.165) is 17.1 Å². The molecule has 0 spiro atoms. The third kappa shape index (κ3) is 4.12. The van der Waals surface area contributed by atoms with Gasteiger partial charge in [0.05, 0.1) is 6.04 Å². The van der Waals surface area contributed by atoms with Crippen molar-refractivity contribution in [2.45, 2.75) is 39.8 Å². The molecule has 0 aliphatic heterocycles. The van der Waals surface area contributed by atoms with Crippen LogP contribution in [-0.4, -0.2) is 12.0 Å². The van der Waals surface area contributed by atoms with Crippen LogP contribution in [0.3, 0.4) is 0 Å². The maximum Gasteiger partial charge on any atom is 0.261 e. The van der Waals surface area contributed by atoms with Crippen molar-refractivity contribution in [3.8, 4) is 5.75 Å². The Labute approximate surface area is 125 Å². The van der Waals surface area contributed by atoms with Crippen LogP contribution in [0.15, 0.2) is 40.8 Å². The molecular weight excluding hydrogens is 266 g/mol. The predicted molar refractivity (Wildman–Crippen MR) is 81.3 cm³/mol. The van der Waals surface area contributed by atoms with Crippen molar-refractivity contribution in [3.63, 3.8) is 0 Å². The van der Waals surface area contributed by atoms with Crippen LogP contribution < -0.4 is 10.1 Å². The number of amides is 1. The number of hydrogen-bond acceptors (Lipinski definition) is 3. The van der Waals surface area contributed by atoms with Crippen molar-refractivity contribution in [1.29, 1.82) is 0 Å². The van der Waals surface area contributed by atoms with E-state index in [1.54, 1.807) is 6.92 Å². The summed E-state index contributed by atoms with van der Waals surface area (Å²) in [5.41, 5.74) is 1.10. The normalized spacial score (nSPS) is 13.5. The van der Waals surface area contributed by atoms with E-state index in [2.05, 4.69) is 5.32 Å². The lowest BCUT2D eigenvalue weighted by Crippen LogP contribution is -2.37. The minimum Gasteiger partial charge on any atom is -0.481 e. The van der Waals surface area contributed by atoms with Gasteiger partial charge in [-0.1, -0.05) is 12.1 Å².